The summed E-state index contributed by atoms with van der Waals surface area (Å²) < 4.78 is 11.6. The molecular weight excluding hydrogens is 240 g/mol. The van der Waals surface area contributed by atoms with Gasteiger partial charge in [-0.05, 0) is 33.3 Å². The number of ether oxygens (including phenoxy) is 2. The summed E-state index contributed by atoms with van der Waals surface area (Å²) in [7, 11) is 0. The molecule has 104 valence electrons. The first-order valence-corrected chi connectivity index (χ1v) is 6.94. The molecule has 4 heteroatoms. The summed E-state index contributed by atoms with van der Waals surface area (Å²) in [4.78, 5) is 0. The summed E-state index contributed by atoms with van der Waals surface area (Å²) in [6.07, 6.45) is 6.98. The fourth-order valence-electron chi connectivity index (χ4n) is 2.18. The third-order valence-corrected chi connectivity index (χ3v) is 2.92. The van der Waals surface area contributed by atoms with Gasteiger partial charge < -0.3 is 20.1 Å². The molecular formula is C15H22N2O2. The largest absolute Gasteiger partial charge is 0.490 e. The minimum absolute atomic E-state index is 0.636. The second-order valence-corrected chi connectivity index (χ2v) is 4.30. The molecule has 0 radical (unpaired) electrons. The third-order valence-electron chi connectivity index (χ3n) is 2.92. The molecule has 1 aliphatic carbocycles. The average molecular weight is 262 g/mol. The normalized spacial score (nSPS) is 17.7. The second-order valence-electron chi connectivity index (χ2n) is 4.30. The molecule has 0 aromatic carbocycles. The van der Waals surface area contributed by atoms with Crippen LogP contribution in [-0.4, -0.2) is 19.7 Å². The van der Waals surface area contributed by atoms with Gasteiger partial charge in [0.2, 0.25) is 0 Å². The van der Waals surface area contributed by atoms with Crippen LogP contribution in [0, 0.1) is 0 Å². The second kappa shape index (κ2) is 6.36. The molecule has 0 aromatic rings. The SMILES string of the molecule is CCNC1=CC(NCC)=C2CC=CC(OCC)=C2O1. The van der Waals surface area contributed by atoms with E-state index < -0.39 is 0 Å². The van der Waals surface area contributed by atoms with E-state index in [4.69, 9.17) is 9.47 Å². The van der Waals surface area contributed by atoms with Gasteiger partial charge in [0.05, 0.1) is 6.61 Å². The summed E-state index contributed by atoms with van der Waals surface area (Å²) >= 11 is 0. The molecule has 2 aliphatic rings. The average Bonchev–Trinajstić information content (AvgIpc) is 2.41. The maximum absolute atomic E-state index is 5.93. The summed E-state index contributed by atoms with van der Waals surface area (Å²) in [6.45, 7) is 8.47. The van der Waals surface area contributed by atoms with Crippen LogP contribution in [0.3, 0.4) is 0 Å². The Kier molecular flexibility index (Phi) is 4.55. The summed E-state index contributed by atoms with van der Waals surface area (Å²) in [5.41, 5.74) is 2.27. The lowest BCUT2D eigenvalue weighted by Gasteiger charge is -2.27. The van der Waals surface area contributed by atoms with Crippen LogP contribution in [-0.2, 0) is 9.47 Å². The molecule has 0 fully saturated rings. The Hall–Kier alpha value is -1.84. The Labute approximate surface area is 114 Å². The van der Waals surface area contributed by atoms with Crippen LogP contribution >= 0.6 is 0 Å². The Morgan fingerprint density at radius 1 is 1.21 bits per heavy atom. The van der Waals surface area contributed by atoms with Crippen molar-refractivity contribution in [1.82, 2.24) is 10.6 Å². The maximum Gasteiger partial charge on any atom is 0.195 e. The van der Waals surface area contributed by atoms with Gasteiger partial charge in [0, 0.05) is 30.4 Å². The molecule has 0 aromatic heterocycles. The Morgan fingerprint density at radius 3 is 2.68 bits per heavy atom. The van der Waals surface area contributed by atoms with Crippen LogP contribution in [0.2, 0.25) is 0 Å². The van der Waals surface area contributed by atoms with E-state index >= 15 is 0 Å². The quantitative estimate of drug-likeness (QED) is 0.772. The highest BCUT2D eigenvalue weighted by Gasteiger charge is 2.25. The lowest BCUT2D eigenvalue weighted by Crippen LogP contribution is -2.25. The standard InChI is InChI=1S/C15H22N2O2/c1-4-16-12-10-14(17-5-2)19-15-11(12)8-7-9-13(15)18-6-3/h7,9-10,16-17H,4-6,8H2,1-3H3. The molecule has 4 nitrogen and oxygen atoms in total. The van der Waals surface area contributed by atoms with Gasteiger partial charge in [0.25, 0.3) is 0 Å². The van der Waals surface area contributed by atoms with Crippen molar-refractivity contribution in [3.63, 3.8) is 0 Å². The van der Waals surface area contributed by atoms with Gasteiger partial charge in [0.15, 0.2) is 17.4 Å². The Morgan fingerprint density at radius 2 is 2.00 bits per heavy atom. The number of likely N-dealkylation sites (N-methyl/N-ethyl adjacent to an activating group) is 1. The highest BCUT2D eigenvalue weighted by Crippen LogP contribution is 2.33. The molecule has 0 unspecified atom stereocenters. The molecule has 0 bridgehead atoms. The van der Waals surface area contributed by atoms with Gasteiger partial charge in [-0.1, -0.05) is 6.08 Å². The molecule has 2 N–H and O–H groups in total. The molecule has 2 rings (SSSR count). The predicted octanol–water partition coefficient (Wildman–Crippen LogP) is 2.54. The molecule has 1 heterocycles. The number of hydrogen-bond acceptors (Lipinski definition) is 4. The number of hydrogen-bond donors (Lipinski definition) is 2. The van der Waals surface area contributed by atoms with Crippen molar-refractivity contribution in [2.75, 3.05) is 19.7 Å². The summed E-state index contributed by atoms with van der Waals surface area (Å²) in [6, 6.07) is 0. The van der Waals surface area contributed by atoms with Crippen LogP contribution in [0.4, 0.5) is 0 Å². The first kappa shape index (κ1) is 13.6. The zero-order valence-electron chi connectivity index (χ0n) is 11.9. The lowest BCUT2D eigenvalue weighted by molar-refractivity contribution is 0.195. The number of nitrogens with one attached hydrogen (secondary N) is 2. The van der Waals surface area contributed by atoms with Crippen LogP contribution in [0.5, 0.6) is 0 Å². The number of allylic oxidation sites excluding steroid dienone is 4. The molecule has 0 atom stereocenters. The maximum atomic E-state index is 5.93. The smallest absolute Gasteiger partial charge is 0.195 e. The highest BCUT2D eigenvalue weighted by atomic mass is 16.5. The molecule has 19 heavy (non-hydrogen) atoms. The van der Waals surface area contributed by atoms with Crippen LogP contribution in [0.15, 0.2) is 46.9 Å². The van der Waals surface area contributed by atoms with Crippen LogP contribution in [0.25, 0.3) is 0 Å². The van der Waals surface area contributed by atoms with E-state index in [0.717, 1.165) is 48.2 Å². The molecule has 0 amide bonds. The molecule has 0 spiro atoms. The van der Waals surface area contributed by atoms with E-state index in [1.54, 1.807) is 0 Å². The highest BCUT2D eigenvalue weighted by molar-refractivity contribution is 5.48. The van der Waals surface area contributed by atoms with Crippen LogP contribution in [0.1, 0.15) is 27.2 Å². The van der Waals surface area contributed by atoms with E-state index in [9.17, 15) is 0 Å². The van der Waals surface area contributed by atoms with Crippen molar-refractivity contribution in [2.45, 2.75) is 27.2 Å². The Bertz CT molecular complexity index is 459. The fraction of sp³-hybridized carbons (Fsp3) is 0.467. The summed E-state index contributed by atoms with van der Waals surface area (Å²) in [5, 5.41) is 6.61. The van der Waals surface area contributed by atoms with E-state index in [0.29, 0.717) is 6.61 Å². The molecule has 0 saturated carbocycles. The van der Waals surface area contributed by atoms with Gasteiger partial charge in [-0.15, -0.1) is 0 Å². The van der Waals surface area contributed by atoms with Crippen molar-refractivity contribution in [2.24, 2.45) is 0 Å². The minimum Gasteiger partial charge on any atom is -0.490 e. The van der Waals surface area contributed by atoms with Crippen molar-refractivity contribution < 1.29 is 9.47 Å². The first-order chi connectivity index (χ1) is 9.30. The van der Waals surface area contributed by atoms with Crippen molar-refractivity contribution in [3.05, 3.63) is 46.9 Å². The topological polar surface area (TPSA) is 42.5 Å². The van der Waals surface area contributed by atoms with Gasteiger partial charge in [-0.2, -0.15) is 0 Å². The van der Waals surface area contributed by atoms with Gasteiger partial charge in [0.1, 0.15) is 0 Å². The number of rotatable bonds is 6. The van der Waals surface area contributed by atoms with Crippen molar-refractivity contribution in [3.8, 4) is 0 Å². The monoisotopic (exact) mass is 262 g/mol. The molecule has 1 aliphatic heterocycles. The van der Waals surface area contributed by atoms with Gasteiger partial charge >= 0.3 is 0 Å². The van der Waals surface area contributed by atoms with Gasteiger partial charge in [-0.25, -0.2) is 0 Å². The Balaban J connectivity index is 2.38. The lowest BCUT2D eigenvalue weighted by atomic mass is 10.00. The fourth-order valence-corrected chi connectivity index (χ4v) is 2.18. The van der Waals surface area contributed by atoms with Gasteiger partial charge in [-0.3, -0.25) is 0 Å². The van der Waals surface area contributed by atoms with Crippen molar-refractivity contribution >= 4 is 0 Å². The van der Waals surface area contributed by atoms with E-state index in [2.05, 4.69) is 30.6 Å². The molecule has 0 saturated heterocycles. The van der Waals surface area contributed by atoms with E-state index in [1.807, 2.05) is 19.1 Å². The summed E-state index contributed by atoms with van der Waals surface area (Å²) in [5.74, 6) is 2.41. The minimum atomic E-state index is 0.636. The first-order valence-electron chi connectivity index (χ1n) is 6.94. The van der Waals surface area contributed by atoms with E-state index in [-0.39, 0.29) is 0 Å². The van der Waals surface area contributed by atoms with Crippen LogP contribution < -0.4 is 10.6 Å². The number of fused-ring (bicyclic) bond motifs is 1. The third kappa shape index (κ3) is 2.95. The zero-order valence-corrected chi connectivity index (χ0v) is 11.9. The predicted molar refractivity (Wildman–Crippen MR) is 76.0 cm³/mol. The zero-order chi connectivity index (χ0) is 13.7. The van der Waals surface area contributed by atoms with Crippen molar-refractivity contribution in [1.29, 1.82) is 0 Å². The van der Waals surface area contributed by atoms with E-state index in [1.165, 1.54) is 0 Å².